The number of rotatable bonds is 12. The Labute approximate surface area is 307 Å². The number of ether oxygens (including phenoxy) is 6. The predicted molar refractivity (Wildman–Crippen MR) is 209 cm³/mol. The van der Waals surface area contributed by atoms with E-state index in [2.05, 4.69) is 69.8 Å². The van der Waals surface area contributed by atoms with Crippen LogP contribution >= 0.6 is 0 Å². The van der Waals surface area contributed by atoms with Crippen molar-refractivity contribution in [1.82, 2.24) is 19.1 Å². The van der Waals surface area contributed by atoms with Crippen molar-refractivity contribution in [3.05, 3.63) is 97.3 Å². The molecule has 0 aliphatic carbocycles. The van der Waals surface area contributed by atoms with E-state index in [-0.39, 0.29) is 0 Å². The first-order valence-corrected chi connectivity index (χ1v) is 17.4. The van der Waals surface area contributed by atoms with Gasteiger partial charge in [0.25, 0.3) is 0 Å². The number of fused-ring (bicyclic) bond motifs is 6. The topological polar surface area (TPSA) is 91.0 Å². The van der Waals surface area contributed by atoms with E-state index in [0.29, 0.717) is 34.5 Å². The van der Waals surface area contributed by atoms with E-state index >= 15 is 0 Å². The van der Waals surface area contributed by atoms with Gasteiger partial charge in [0.05, 0.1) is 65.1 Å². The zero-order chi connectivity index (χ0) is 36.6. The van der Waals surface area contributed by atoms with Gasteiger partial charge in [-0.15, -0.1) is 0 Å². The Hall–Kier alpha value is -6.42. The second kappa shape index (κ2) is 14.0. The molecule has 53 heavy (non-hydrogen) atoms. The first kappa shape index (κ1) is 33.7. The van der Waals surface area contributed by atoms with Crippen molar-refractivity contribution in [2.75, 3.05) is 42.7 Å². The molecule has 268 valence electrons. The predicted octanol–water partition coefficient (Wildman–Crippen LogP) is 9.17. The Bertz CT molecular complexity index is 2410. The highest BCUT2D eigenvalue weighted by Crippen LogP contribution is 2.45. The van der Waals surface area contributed by atoms with Crippen LogP contribution in [0.15, 0.2) is 97.3 Å². The summed E-state index contributed by atoms with van der Waals surface area (Å²) in [5.74, 6) is 3.38. The molecule has 0 spiro atoms. The summed E-state index contributed by atoms with van der Waals surface area (Å²) in [5.41, 5.74) is 7.80. The number of aromatic nitrogens is 4. The number of hydrogen-bond donors (Lipinski definition) is 0. The minimum absolute atomic E-state index is 0.540. The lowest BCUT2D eigenvalue weighted by molar-refractivity contribution is 0.324. The number of methoxy groups -OCH3 is 6. The molecule has 0 unspecified atom stereocenters. The second-order valence-corrected chi connectivity index (χ2v) is 12.6. The molecule has 4 aromatic carbocycles. The van der Waals surface area contributed by atoms with Crippen LogP contribution in [0.2, 0.25) is 0 Å². The fourth-order valence-corrected chi connectivity index (χ4v) is 7.71. The molecule has 0 radical (unpaired) electrons. The van der Waals surface area contributed by atoms with Crippen LogP contribution in [-0.2, 0) is 13.1 Å². The SMILES string of the molecule is COc1cc(-c2nccc3c4ccccc4n(CCCn4c5ccccc5c5ccnc(-c6cc(OC)c(OC)c(OC)c6)c54)c23)cc(OC)c1OC. The molecule has 0 saturated carbocycles. The monoisotopic (exact) mass is 708 g/mol. The number of benzene rings is 4. The molecule has 0 saturated heterocycles. The van der Waals surface area contributed by atoms with Crippen LogP contribution in [0, 0.1) is 0 Å². The third-order valence-electron chi connectivity index (χ3n) is 10.00. The van der Waals surface area contributed by atoms with Gasteiger partial charge in [-0.1, -0.05) is 36.4 Å². The third-order valence-corrected chi connectivity index (χ3v) is 10.00. The molecule has 10 nitrogen and oxygen atoms in total. The minimum Gasteiger partial charge on any atom is -0.493 e. The number of aryl methyl sites for hydroxylation is 2. The summed E-state index contributed by atoms with van der Waals surface area (Å²) in [6.07, 6.45) is 4.57. The highest BCUT2D eigenvalue weighted by Gasteiger charge is 2.22. The first-order chi connectivity index (χ1) is 26.0. The van der Waals surface area contributed by atoms with Crippen molar-refractivity contribution in [3.8, 4) is 57.0 Å². The highest BCUT2D eigenvalue weighted by molar-refractivity contribution is 6.13. The number of pyridine rings is 2. The van der Waals surface area contributed by atoms with Gasteiger partial charge in [0.2, 0.25) is 11.5 Å². The van der Waals surface area contributed by atoms with Crippen molar-refractivity contribution in [2.45, 2.75) is 19.5 Å². The smallest absolute Gasteiger partial charge is 0.203 e. The van der Waals surface area contributed by atoms with E-state index in [1.807, 2.05) is 36.7 Å². The van der Waals surface area contributed by atoms with Gasteiger partial charge < -0.3 is 37.6 Å². The van der Waals surface area contributed by atoms with Gasteiger partial charge in [-0.05, 0) is 55.0 Å². The Morgan fingerprint density at radius 2 is 0.830 bits per heavy atom. The number of hydrogen-bond acceptors (Lipinski definition) is 8. The molecular formula is C43H40N4O6. The lowest BCUT2D eigenvalue weighted by Crippen LogP contribution is -2.06. The zero-order valence-electron chi connectivity index (χ0n) is 30.6. The fraction of sp³-hybridized carbons (Fsp3) is 0.209. The summed E-state index contributed by atoms with van der Waals surface area (Å²) in [6, 6.07) is 29.1. The summed E-state index contributed by atoms with van der Waals surface area (Å²) >= 11 is 0. The van der Waals surface area contributed by atoms with Crippen molar-refractivity contribution in [3.63, 3.8) is 0 Å². The molecule has 0 aliphatic heterocycles. The number of nitrogens with zero attached hydrogens (tertiary/aromatic N) is 4. The minimum atomic E-state index is 0.540. The quantitative estimate of drug-likeness (QED) is 0.124. The van der Waals surface area contributed by atoms with Crippen LogP contribution in [0.1, 0.15) is 6.42 Å². The highest BCUT2D eigenvalue weighted by atomic mass is 16.5. The fourth-order valence-electron chi connectivity index (χ4n) is 7.71. The van der Waals surface area contributed by atoms with Crippen LogP contribution in [0.25, 0.3) is 66.1 Å². The Balaban J connectivity index is 1.26. The maximum Gasteiger partial charge on any atom is 0.203 e. The summed E-state index contributed by atoms with van der Waals surface area (Å²) in [5, 5.41) is 4.60. The molecule has 8 aromatic rings. The molecular weight excluding hydrogens is 668 g/mol. The molecule has 0 fully saturated rings. The molecule has 4 heterocycles. The Kier molecular flexibility index (Phi) is 8.87. The molecule has 0 amide bonds. The standard InChI is InChI=1S/C43H40N4O6/c1-48-34-22-26(23-35(49-2)42(34)52-5)38-40-30(16-18-44-38)28-12-7-9-14-32(28)46(40)20-11-21-47-33-15-10-8-13-29(33)31-17-19-45-39(41(31)47)27-24-36(50-3)43(53-6)37(25-27)51-4/h7-10,12-19,22-25H,11,20-21H2,1-6H3. The molecule has 8 rings (SSSR count). The van der Waals surface area contributed by atoms with E-state index in [4.69, 9.17) is 38.4 Å². The van der Waals surface area contributed by atoms with Crippen LogP contribution in [0.5, 0.6) is 34.5 Å². The first-order valence-electron chi connectivity index (χ1n) is 17.4. The van der Waals surface area contributed by atoms with Crippen molar-refractivity contribution in [1.29, 1.82) is 0 Å². The van der Waals surface area contributed by atoms with Gasteiger partial charge in [-0.25, -0.2) is 0 Å². The van der Waals surface area contributed by atoms with E-state index in [0.717, 1.165) is 74.9 Å². The van der Waals surface area contributed by atoms with E-state index in [1.165, 1.54) is 10.8 Å². The van der Waals surface area contributed by atoms with Crippen molar-refractivity contribution < 1.29 is 28.4 Å². The van der Waals surface area contributed by atoms with Crippen LogP contribution in [0.3, 0.4) is 0 Å². The summed E-state index contributed by atoms with van der Waals surface area (Å²) in [6.45, 7) is 1.47. The Morgan fingerprint density at radius 3 is 1.19 bits per heavy atom. The van der Waals surface area contributed by atoms with Gasteiger partial charge in [0.1, 0.15) is 0 Å². The largest absolute Gasteiger partial charge is 0.493 e. The zero-order valence-corrected chi connectivity index (χ0v) is 30.6. The summed E-state index contributed by atoms with van der Waals surface area (Å²) in [4.78, 5) is 9.90. The van der Waals surface area contributed by atoms with E-state index in [1.54, 1.807) is 42.7 Å². The van der Waals surface area contributed by atoms with Gasteiger partial charge >= 0.3 is 0 Å². The van der Waals surface area contributed by atoms with E-state index in [9.17, 15) is 0 Å². The van der Waals surface area contributed by atoms with Crippen LogP contribution < -0.4 is 28.4 Å². The van der Waals surface area contributed by atoms with Crippen molar-refractivity contribution in [2.24, 2.45) is 0 Å². The molecule has 0 atom stereocenters. The molecule has 10 heteroatoms. The molecule has 0 N–H and O–H groups in total. The lowest BCUT2D eigenvalue weighted by atomic mass is 10.1. The second-order valence-electron chi connectivity index (χ2n) is 12.6. The van der Waals surface area contributed by atoms with Gasteiger partial charge in [-0.3, -0.25) is 9.97 Å². The average molecular weight is 709 g/mol. The van der Waals surface area contributed by atoms with Gasteiger partial charge in [0.15, 0.2) is 23.0 Å². The molecule has 4 aromatic heterocycles. The Morgan fingerprint density at radius 1 is 0.453 bits per heavy atom. The number of para-hydroxylation sites is 2. The van der Waals surface area contributed by atoms with Crippen LogP contribution in [-0.4, -0.2) is 61.8 Å². The average Bonchev–Trinajstić information content (AvgIpc) is 3.72. The van der Waals surface area contributed by atoms with Crippen molar-refractivity contribution >= 4 is 43.6 Å². The maximum atomic E-state index is 5.73. The molecule has 0 bridgehead atoms. The summed E-state index contributed by atoms with van der Waals surface area (Å²) in [7, 11) is 9.73. The normalized spacial score (nSPS) is 11.4. The lowest BCUT2D eigenvalue weighted by Gasteiger charge is -2.16. The maximum absolute atomic E-state index is 5.73. The third kappa shape index (κ3) is 5.49. The molecule has 0 aliphatic rings. The van der Waals surface area contributed by atoms with Gasteiger partial charge in [0, 0.05) is 69.2 Å². The summed E-state index contributed by atoms with van der Waals surface area (Å²) < 4.78 is 39.0. The van der Waals surface area contributed by atoms with E-state index < -0.39 is 0 Å². The van der Waals surface area contributed by atoms with Gasteiger partial charge in [-0.2, -0.15) is 0 Å². The van der Waals surface area contributed by atoms with Crippen LogP contribution in [0.4, 0.5) is 0 Å².